The van der Waals surface area contributed by atoms with Gasteiger partial charge in [-0.05, 0) is 40.2 Å². The Balaban J connectivity index is 0.000000180. The molecule has 0 saturated carbocycles. The van der Waals surface area contributed by atoms with Crippen LogP contribution in [0.15, 0.2) is 65.7 Å². The van der Waals surface area contributed by atoms with Crippen LogP contribution in [0.5, 0.6) is 11.8 Å². The minimum atomic E-state index is 0.569. The third kappa shape index (κ3) is 6.63. The van der Waals surface area contributed by atoms with E-state index in [0.717, 1.165) is 59.0 Å². The molecule has 5 heterocycles. The van der Waals surface area contributed by atoms with Crippen molar-refractivity contribution in [2.75, 3.05) is 56.9 Å². The van der Waals surface area contributed by atoms with Gasteiger partial charge in [0.2, 0.25) is 11.8 Å². The summed E-state index contributed by atoms with van der Waals surface area (Å²) in [6.07, 6.45) is 6.95. The lowest BCUT2D eigenvalue weighted by Gasteiger charge is -2.28. The van der Waals surface area contributed by atoms with E-state index in [0.29, 0.717) is 23.1 Å². The number of rotatable bonds is 5. The molecule has 1 saturated heterocycles. The lowest BCUT2D eigenvalue weighted by Crippen LogP contribution is -2.36. The molecule has 5 rings (SSSR count). The van der Waals surface area contributed by atoms with E-state index in [1.165, 1.54) is 0 Å². The van der Waals surface area contributed by atoms with Crippen LogP contribution in [0.1, 0.15) is 0 Å². The van der Waals surface area contributed by atoms with Gasteiger partial charge < -0.3 is 30.6 Å². The van der Waals surface area contributed by atoms with E-state index < -0.39 is 0 Å². The van der Waals surface area contributed by atoms with E-state index in [1.54, 1.807) is 44.9 Å². The van der Waals surface area contributed by atoms with Crippen LogP contribution in [-0.2, 0) is 4.74 Å². The summed E-state index contributed by atoms with van der Waals surface area (Å²) in [6, 6.07) is 11.1. The molecule has 192 valence electrons. The first-order chi connectivity index (χ1) is 18.0. The smallest absolute Gasteiger partial charge is 0.212 e. The molecule has 0 aromatic carbocycles. The van der Waals surface area contributed by atoms with Crippen LogP contribution in [0.2, 0.25) is 0 Å². The fraction of sp³-hybridized carbons (Fsp3) is 0.231. The number of aromatic nitrogens is 4. The Bertz CT molecular complexity index is 1320. The molecule has 37 heavy (non-hydrogen) atoms. The first kappa shape index (κ1) is 26.1. The maximum Gasteiger partial charge on any atom is 0.212 e. The molecule has 0 bridgehead atoms. The Hall–Kier alpha value is -3.96. The number of nitrogen functional groups attached to an aromatic ring is 2. The second kappa shape index (κ2) is 12.3. The molecule has 11 heteroatoms. The van der Waals surface area contributed by atoms with E-state index in [9.17, 15) is 0 Å². The Labute approximate surface area is 223 Å². The van der Waals surface area contributed by atoms with E-state index >= 15 is 0 Å². The van der Waals surface area contributed by atoms with Gasteiger partial charge in [0, 0.05) is 59.4 Å². The number of morpholine rings is 1. The molecule has 1 aliphatic rings. The number of hydrogen-bond acceptors (Lipinski definition) is 10. The summed E-state index contributed by atoms with van der Waals surface area (Å²) >= 11 is 3.31. The highest BCUT2D eigenvalue weighted by Crippen LogP contribution is 2.28. The molecule has 0 spiro atoms. The predicted molar refractivity (Wildman–Crippen MR) is 148 cm³/mol. The van der Waals surface area contributed by atoms with Crippen molar-refractivity contribution in [3.05, 3.63) is 65.7 Å². The van der Waals surface area contributed by atoms with Crippen LogP contribution < -0.4 is 25.8 Å². The number of methoxy groups -OCH3 is 2. The molecule has 4 N–H and O–H groups in total. The largest absolute Gasteiger partial charge is 0.481 e. The topological polar surface area (TPSA) is 135 Å². The van der Waals surface area contributed by atoms with Crippen LogP contribution in [0, 0.1) is 0 Å². The normalized spacial score (nSPS) is 12.9. The molecule has 0 unspecified atom stereocenters. The second-order valence-electron chi connectivity index (χ2n) is 8.00. The third-order valence-corrected chi connectivity index (χ3v) is 6.03. The molecule has 0 radical (unpaired) electrons. The summed E-state index contributed by atoms with van der Waals surface area (Å²) in [6.45, 7) is 3.21. The van der Waals surface area contributed by atoms with Crippen molar-refractivity contribution in [1.29, 1.82) is 0 Å². The number of ether oxygens (including phenoxy) is 3. The monoisotopic (exact) mass is 565 g/mol. The number of anilines is 3. The SMILES string of the molecule is COc1ccc(-c2ncc(Br)cc2N)cn1.COc1ccc(-c2ncc(N3CCOCC3)cc2N)cn1. The molecule has 1 aliphatic heterocycles. The Kier molecular flexibility index (Phi) is 8.70. The van der Waals surface area contributed by atoms with E-state index in [4.69, 9.17) is 25.7 Å². The fourth-order valence-corrected chi connectivity index (χ4v) is 4.03. The van der Waals surface area contributed by atoms with E-state index in [2.05, 4.69) is 40.8 Å². The number of halogens is 1. The number of pyridine rings is 4. The number of nitrogens with two attached hydrogens (primary N) is 2. The Morgan fingerprint density at radius 2 is 1.30 bits per heavy atom. The van der Waals surface area contributed by atoms with Crippen LogP contribution >= 0.6 is 15.9 Å². The van der Waals surface area contributed by atoms with Crippen molar-refractivity contribution in [3.8, 4) is 34.3 Å². The zero-order valence-corrected chi connectivity index (χ0v) is 22.2. The van der Waals surface area contributed by atoms with Crippen molar-refractivity contribution in [3.63, 3.8) is 0 Å². The molecular weight excluding hydrogens is 538 g/mol. The average Bonchev–Trinajstić information content (AvgIpc) is 2.94. The van der Waals surface area contributed by atoms with Gasteiger partial charge in [0.15, 0.2) is 0 Å². The third-order valence-electron chi connectivity index (χ3n) is 5.60. The van der Waals surface area contributed by atoms with Gasteiger partial charge in [0.25, 0.3) is 0 Å². The van der Waals surface area contributed by atoms with Crippen molar-refractivity contribution in [2.45, 2.75) is 0 Å². The van der Waals surface area contributed by atoms with Gasteiger partial charge >= 0.3 is 0 Å². The van der Waals surface area contributed by atoms with Crippen LogP contribution in [0.3, 0.4) is 0 Å². The Morgan fingerprint density at radius 1 is 0.757 bits per heavy atom. The maximum absolute atomic E-state index is 6.15. The van der Waals surface area contributed by atoms with Gasteiger partial charge in [-0.3, -0.25) is 9.97 Å². The summed E-state index contributed by atoms with van der Waals surface area (Å²) in [7, 11) is 3.17. The quantitative estimate of drug-likeness (QED) is 0.364. The van der Waals surface area contributed by atoms with E-state index in [1.807, 2.05) is 30.5 Å². The van der Waals surface area contributed by atoms with E-state index in [-0.39, 0.29) is 0 Å². The molecule has 0 amide bonds. The highest BCUT2D eigenvalue weighted by molar-refractivity contribution is 9.10. The van der Waals surface area contributed by atoms with Gasteiger partial charge in [-0.2, -0.15) is 0 Å². The second-order valence-corrected chi connectivity index (χ2v) is 8.92. The summed E-state index contributed by atoms with van der Waals surface area (Å²) in [4.78, 5) is 19.3. The minimum absolute atomic E-state index is 0.569. The van der Waals surface area contributed by atoms with Gasteiger partial charge in [-0.15, -0.1) is 0 Å². The van der Waals surface area contributed by atoms with Crippen molar-refractivity contribution in [2.24, 2.45) is 0 Å². The fourth-order valence-electron chi connectivity index (χ4n) is 3.68. The standard InChI is InChI=1S/C15H18N4O2.C11H10BrN3O/c1-20-14-3-2-11(9-17-14)15-13(16)8-12(10-18-15)19-4-6-21-7-5-19;1-16-10-3-2-7(5-14-10)11-9(13)4-8(12)6-15-11/h2-3,8-10H,4-7,16H2,1H3;2-6H,13H2,1H3. The highest BCUT2D eigenvalue weighted by atomic mass is 79.9. The Morgan fingerprint density at radius 3 is 1.76 bits per heavy atom. The maximum atomic E-state index is 6.15. The number of hydrogen-bond donors (Lipinski definition) is 2. The van der Waals surface area contributed by atoms with Crippen LogP contribution in [0.4, 0.5) is 17.1 Å². The zero-order valence-electron chi connectivity index (χ0n) is 20.6. The summed E-state index contributed by atoms with van der Waals surface area (Å²) < 4.78 is 16.2. The zero-order chi connectivity index (χ0) is 26.2. The highest BCUT2D eigenvalue weighted by Gasteiger charge is 2.14. The van der Waals surface area contributed by atoms with Crippen LogP contribution in [-0.4, -0.2) is 60.5 Å². The average molecular weight is 566 g/mol. The molecule has 0 aliphatic carbocycles. The summed E-state index contributed by atoms with van der Waals surface area (Å²) in [5.41, 5.74) is 17.5. The minimum Gasteiger partial charge on any atom is -0.481 e. The van der Waals surface area contributed by atoms with Gasteiger partial charge in [0.05, 0.1) is 62.1 Å². The molecule has 4 aromatic heterocycles. The molecule has 10 nitrogen and oxygen atoms in total. The van der Waals surface area contributed by atoms with Gasteiger partial charge in [-0.25, -0.2) is 9.97 Å². The molecule has 1 fully saturated rings. The van der Waals surface area contributed by atoms with Crippen molar-refractivity contribution >= 4 is 33.0 Å². The molecular formula is C26H28BrN7O3. The van der Waals surface area contributed by atoms with Crippen LogP contribution in [0.25, 0.3) is 22.5 Å². The van der Waals surface area contributed by atoms with Gasteiger partial charge in [0.1, 0.15) is 0 Å². The predicted octanol–water partition coefficient (Wildman–Crippen LogP) is 4.07. The molecule has 4 aromatic rings. The van der Waals surface area contributed by atoms with Gasteiger partial charge in [-0.1, -0.05) is 0 Å². The lowest BCUT2D eigenvalue weighted by molar-refractivity contribution is 0.122. The first-order valence-electron chi connectivity index (χ1n) is 11.5. The summed E-state index contributed by atoms with van der Waals surface area (Å²) in [5.74, 6) is 1.14. The van der Waals surface area contributed by atoms with Crippen molar-refractivity contribution in [1.82, 2.24) is 19.9 Å². The molecule has 0 atom stereocenters. The summed E-state index contributed by atoms with van der Waals surface area (Å²) in [5, 5.41) is 0. The van der Waals surface area contributed by atoms with Crippen molar-refractivity contribution < 1.29 is 14.2 Å². The number of nitrogens with zero attached hydrogens (tertiary/aromatic N) is 5. The lowest BCUT2D eigenvalue weighted by atomic mass is 10.1. The first-order valence-corrected chi connectivity index (χ1v) is 12.3.